The molecule has 1 rings (SSSR count). The molecule has 0 aliphatic carbocycles. The molecular formula is C35H38F8O13. The number of hydrogen-bond donors (Lipinski definition) is 1. The summed E-state index contributed by atoms with van der Waals surface area (Å²) < 4.78 is 132. The molecule has 0 amide bonds. The number of aliphatic hydroxyl groups excluding tert-OH is 1. The van der Waals surface area contributed by atoms with E-state index in [0.717, 1.165) is 12.2 Å². The summed E-state index contributed by atoms with van der Waals surface area (Å²) in [4.78, 5) is 64.8. The maximum absolute atomic E-state index is 13.3. The van der Waals surface area contributed by atoms with Crippen molar-refractivity contribution in [1.29, 1.82) is 0 Å². The zero-order chi connectivity index (χ0) is 44.1. The third kappa shape index (κ3) is 18.0. The summed E-state index contributed by atoms with van der Waals surface area (Å²) in [5.74, 6) is -30.2. The number of benzene rings is 1. The molecule has 0 heterocycles. The minimum Gasteiger partial charge on any atom is -0.463 e. The highest BCUT2D eigenvalue weighted by atomic mass is 19.4. The van der Waals surface area contributed by atoms with Gasteiger partial charge in [0.05, 0.1) is 5.92 Å². The maximum atomic E-state index is 13.3. The van der Waals surface area contributed by atoms with E-state index in [1.54, 1.807) is 32.0 Å². The summed E-state index contributed by atoms with van der Waals surface area (Å²) in [5.41, 5.74) is 0.256. The molecule has 1 aromatic carbocycles. The number of hydrogen-bond acceptors (Lipinski definition) is 13. The van der Waals surface area contributed by atoms with E-state index in [9.17, 15) is 69.0 Å². The van der Waals surface area contributed by atoms with E-state index in [-0.39, 0.29) is 48.4 Å². The minimum absolute atomic E-state index is 0.180. The van der Waals surface area contributed by atoms with Crippen molar-refractivity contribution in [3.05, 3.63) is 87.0 Å². The van der Waals surface area contributed by atoms with Crippen molar-refractivity contribution in [2.45, 2.75) is 50.6 Å². The first-order valence-electron chi connectivity index (χ1n) is 15.2. The molecule has 0 aliphatic rings. The van der Waals surface area contributed by atoms with Gasteiger partial charge in [-0.1, -0.05) is 52.8 Å². The van der Waals surface area contributed by atoms with Crippen molar-refractivity contribution in [3.63, 3.8) is 0 Å². The van der Waals surface area contributed by atoms with Crippen LogP contribution >= 0.6 is 0 Å². The SMILES string of the molecule is C=C(C)C(=O)OCC(O)COC(=O)C(C)C.C=CC(=O)OCC(F)(F)C(F)(F)C(F)(F)C(F)(F)COC(=O)C=C.C=CC(=O)Oc1cccc(OC(=O)C=C)c1. The lowest BCUT2D eigenvalue weighted by molar-refractivity contribution is -0.374. The number of halogens is 8. The predicted molar refractivity (Wildman–Crippen MR) is 178 cm³/mol. The summed E-state index contributed by atoms with van der Waals surface area (Å²) in [6.45, 7) is 14.7. The number of rotatable bonds is 19. The fourth-order valence-corrected chi connectivity index (χ4v) is 2.69. The quantitative estimate of drug-likeness (QED) is 0.0607. The standard InChI is InChI=1S/C12H10F8O4.C12H10O4.C11H18O5/c1-3-7(21)23-5-9(13,14)11(17,18)12(19,20)10(15,16)6-24-8(22)4-2;1-3-11(13)15-9-6-5-7-10(8-9)16-12(14)4-2;1-7(2)10(13)15-5-9(12)6-16-11(14)8(3)4/h3-4H,1-2,5-6H2;3-8H,1-2H2;8-9,12H,1,5-6H2,2-4H3. The fourth-order valence-electron chi connectivity index (χ4n) is 2.69. The molecule has 13 nitrogen and oxygen atoms in total. The lowest BCUT2D eigenvalue weighted by Gasteiger charge is -2.36. The highest BCUT2D eigenvalue weighted by Crippen LogP contribution is 2.52. The van der Waals surface area contributed by atoms with Gasteiger partial charge in [-0.15, -0.1) is 0 Å². The van der Waals surface area contributed by atoms with Gasteiger partial charge in [-0.05, 0) is 19.1 Å². The van der Waals surface area contributed by atoms with Crippen LogP contribution in [0.5, 0.6) is 11.5 Å². The van der Waals surface area contributed by atoms with Gasteiger partial charge in [0, 0.05) is 35.9 Å². The van der Waals surface area contributed by atoms with Crippen molar-refractivity contribution in [3.8, 4) is 11.5 Å². The van der Waals surface area contributed by atoms with Gasteiger partial charge < -0.3 is 33.5 Å². The Labute approximate surface area is 314 Å². The van der Waals surface area contributed by atoms with Crippen LogP contribution in [-0.4, -0.2) is 97.1 Å². The summed E-state index contributed by atoms with van der Waals surface area (Å²) in [6.07, 6.45) is 1.60. The van der Waals surface area contributed by atoms with E-state index >= 15 is 0 Å². The number of alkyl halides is 8. The zero-order valence-electron chi connectivity index (χ0n) is 30.0. The molecule has 1 N–H and O–H groups in total. The van der Waals surface area contributed by atoms with Crippen LogP contribution in [-0.2, 0) is 47.7 Å². The minimum atomic E-state index is -6.65. The second-order valence-corrected chi connectivity index (χ2v) is 10.7. The fraction of sp³-hybridized carbons (Fsp3) is 0.371. The van der Waals surface area contributed by atoms with Crippen LogP contribution in [0.15, 0.2) is 87.0 Å². The first-order valence-corrected chi connectivity index (χ1v) is 15.2. The Balaban J connectivity index is 0. The van der Waals surface area contributed by atoms with Gasteiger partial charge in [0.25, 0.3) is 0 Å². The van der Waals surface area contributed by atoms with Crippen molar-refractivity contribution < 1.29 is 97.4 Å². The van der Waals surface area contributed by atoms with Crippen LogP contribution in [0.25, 0.3) is 0 Å². The second-order valence-electron chi connectivity index (χ2n) is 10.7. The predicted octanol–water partition coefficient (Wildman–Crippen LogP) is 5.52. The Bertz CT molecular complexity index is 1510. The van der Waals surface area contributed by atoms with E-state index in [1.807, 2.05) is 0 Å². The Morgan fingerprint density at radius 1 is 0.661 bits per heavy atom. The Morgan fingerprint density at radius 2 is 1.02 bits per heavy atom. The topological polar surface area (TPSA) is 178 Å². The molecule has 312 valence electrons. The second kappa shape index (κ2) is 23.8. The van der Waals surface area contributed by atoms with Gasteiger partial charge in [-0.3, -0.25) is 4.79 Å². The number of carbonyl (C=O) groups is 6. The monoisotopic (exact) mass is 818 g/mol. The van der Waals surface area contributed by atoms with Gasteiger partial charge in [0.2, 0.25) is 0 Å². The summed E-state index contributed by atoms with van der Waals surface area (Å²) in [5, 5.41) is 9.33. The average molecular weight is 819 g/mol. The highest BCUT2D eigenvalue weighted by Gasteiger charge is 2.81. The van der Waals surface area contributed by atoms with Gasteiger partial charge in [0.15, 0.2) is 13.2 Å². The van der Waals surface area contributed by atoms with Gasteiger partial charge in [-0.25, -0.2) is 24.0 Å². The lowest BCUT2D eigenvalue weighted by Crippen LogP contribution is -2.64. The van der Waals surface area contributed by atoms with Crippen molar-refractivity contribution in [2.75, 3.05) is 26.4 Å². The number of ether oxygens (including phenoxy) is 6. The summed E-state index contributed by atoms with van der Waals surface area (Å²) in [6, 6.07) is 6.14. The third-order valence-corrected chi connectivity index (χ3v) is 5.66. The van der Waals surface area contributed by atoms with E-state index in [0.29, 0.717) is 0 Å². The summed E-state index contributed by atoms with van der Waals surface area (Å²) >= 11 is 0. The van der Waals surface area contributed by atoms with Crippen LogP contribution in [0, 0.1) is 5.92 Å². The third-order valence-electron chi connectivity index (χ3n) is 5.66. The molecule has 1 aromatic rings. The van der Waals surface area contributed by atoms with E-state index < -0.39 is 78.8 Å². The Hall–Kier alpha value is -5.86. The highest BCUT2D eigenvalue weighted by molar-refractivity contribution is 5.87. The Kier molecular flexibility index (Phi) is 22.2. The average Bonchev–Trinajstić information content (AvgIpc) is 3.13. The molecule has 56 heavy (non-hydrogen) atoms. The van der Waals surface area contributed by atoms with Gasteiger partial charge >= 0.3 is 59.5 Å². The van der Waals surface area contributed by atoms with Gasteiger partial charge in [-0.2, -0.15) is 35.1 Å². The summed E-state index contributed by atoms with van der Waals surface area (Å²) in [7, 11) is 0. The van der Waals surface area contributed by atoms with E-state index in [2.05, 4.69) is 47.1 Å². The Morgan fingerprint density at radius 3 is 1.34 bits per heavy atom. The first kappa shape index (κ1) is 52.2. The van der Waals surface area contributed by atoms with E-state index in [4.69, 9.17) is 14.2 Å². The van der Waals surface area contributed by atoms with E-state index in [1.165, 1.54) is 13.0 Å². The lowest BCUT2D eigenvalue weighted by atomic mass is 9.99. The molecule has 0 bridgehead atoms. The number of esters is 6. The number of aliphatic hydroxyl groups is 1. The van der Waals surface area contributed by atoms with Crippen molar-refractivity contribution >= 4 is 35.8 Å². The molecule has 0 aliphatic heterocycles. The number of carbonyl (C=O) groups excluding carboxylic acids is 6. The molecule has 0 fully saturated rings. The molecule has 0 saturated heterocycles. The molecular weight excluding hydrogens is 780 g/mol. The van der Waals surface area contributed by atoms with Crippen LogP contribution in [0.4, 0.5) is 35.1 Å². The van der Waals surface area contributed by atoms with Crippen molar-refractivity contribution in [1.82, 2.24) is 0 Å². The molecule has 0 saturated carbocycles. The van der Waals surface area contributed by atoms with Crippen LogP contribution in [0.2, 0.25) is 0 Å². The van der Waals surface area contributed by atoms with Crippen LogP contribution in [0.3, 0.4) is 0 Å². The molecule has 1 atom stereocenters. The maximum Gasteiger partial charge on any atom is 0.381 e. The van der Waals surface area contributed by atoms with Crippen LogP contribution in [0.1, 0.15) is 20.8 Å². The van der Waals surface area contributed by atoms with Gasteiger partial charge in [0.1, 0.15) is 30.8 Å². The van der Waals surface area contributed by atoms with Crippen LogP contribution < -0.4 is 9.47 Å². The molecule has 1 unspecified atom stereocenters. The molecule has 21 heteroatoms. The first-order chi connectivity index (χ1) is 25.7. The largest absolute Gasteiger partial charge is 0.463 e. The zero-order valence-corrected chi connectivity index (χ0v) is 30.0. The normalized spacial score (nSPS) is 11.7. The molecule has 0 aromatic heterocycles. The molecule has 0 radical (unpaired) electrons. The molecule has 0 spiro atoms. The van der Waals surface area contributed by atoms with Crippen molar-refractivity contribution in [2.24, 2.45) is 5.92 Å². The smallest absolute Gasteiger partial charge is 0.381 e.